The van der Waals surface area contributed by atoms with Gasteiger partial charge in [-0.2, -0.15) is 0 Å². The number of aliphatic carboxylic acids is 1. The van der Waals surface area contributed by atoms with Crippen LogP contribution >= 0.6 is 0 Å². The molecule has 2 rings (SSSR count). The second kappa shape index (κ2) is 11.9. The van der Waals surface area contributed by atoms with Crippen LogP contribution in [0.15, 0.2) is 48.7 Å². The third-order valence-corrected chi connectivity index (χ3v) is 4.58. The quantitative estimate of drug-likeness (QED) is 0.476. The first-order chi connectivity index (χ1) is 13.2. The van der Waals surface area contributed by atoms with Crippen LogP contribution in [-0.4, -0.2) is 29.7 Å². The number of aromatic nitrogens is 1. The molecule has 1 N–H and O–H groups in total. The number of nitrogens with zero attached hydrogens (tertiary/aromatic N) is 2. The summed E-state index contributed by atoms with van der Waals surface area (Å²) in [4.78, 5) is 17.2. The fourth-order valence-electron chi connectivity index (χ4n) is 3.08. The summed E-state index contributed by atoms with van der Waals surface area (Å²) in [6.45, 7) is 0.919. The largest absolute Gasteiger partial charge is 0.497 e. The number of carbonyl (C=O) groups is 1. The lowest BCUT2D eigenvalue weighted by Crippen LogP contribution is -2.19. The molecule has 1 heterocycles. The van der Waals surface area contributed by atoms with Gasteiger partial charge in [0, 0.05) is 24.8 Å². The molecule has 5 nitrogen and oxygen atoms in total. The van der Waals surface area contributed by atoms with Crippen molar-refractivity contribution in [2.75, 3.05) is 18.6 Å². The maximum atomic E-state index is 10.5. The standard InChI is InChI=1S/C22H30N2O3/c1-27-20-15-13-19(14-16-20)24(21-11-8-9-17-23-21)18-10-6-4-2-3-5-7-12-22(25)26/h8-9,11,13-17H,2-7,10,12,18H2,1H3,(H,25,26). The first-order valence-electron chi connectivity index (χ1n) is 9.75. The number of hydrogen-bond donors (Lipinski definition) is 1. The Morgan fingerprint density at radius 1 is 0.963 bits per heavy atom. The van der Waals surface area contributed by atoms with E-state index in [1.807, 2.05) is 36.5 Å². The minimum Gasteiger partial charge on any atom is -0.497 e. The molecule has 0 amide bonds. The summed E-state index contributed by atoms with van der Waals surface area (Å²) in [5.41, 5.74) is 1.11. The predicted molar refractivity (Wildman–Crippen MR) is 109 cm³/mol. The minimum absolute atomic E-state index is 0.293. The third-order valence-electron chi connectivity index (χ3n) is 4.58. The van der Waals surface area contributed by atoms with E-state index in [2.05, 4.69) is 22.0 Å². The van der Waals surface area contributed by atoms with Crippen LogP contribution in [0.1, 0.15) is 51.4 Å². The number of carboxylic acid groups (broad SMARTS) is 1. The molecule has 0 unspecified atom stereocenters. The van der Waals surface area contributed by atoms with Gasteiger partial charge in [-0.15, -0.1) is 0 Å². The molecule has 0 aliphatic rings. The Hall–Kier alpha value is -2.56. The molecule has 0 spiro atoms. The van der Waals surface area contributed by atoms with Crippen molar-refractivity contribution in [2.45, 2.75) is 51.4 Å². The molecule has 2 aromatic rings. The van der Waals surface area contributed by atoms with Gasteiger partial charge in [0.1, 0.15) is 11.6 Å². The van der Waals surface area contributed by atoms with Crippen molar-refractivity contribution in [3.8, 4) is 5.75 Å². The lowest BCUT2D eigenvalue weighted by molar-refractivity contribution is -0.137. The Balaban J connectivity index is 1.78. The van der Waals surface area contributed by atoms with E-state index in [1.54, 1.807) is 7.11 Å². The molecule has 0 saturated carbocycles. The number of unbranched alkanes of at least 4 members (excludes halogenated alkanes) is 6. The van der Waals surface area contributed by atoms with Crippen LogP contribution in [0.5, 0.6) is 5.75 Å². The van der Waals surface area contributed by atoms with Gasteiger partial charge in [-0.1, -0.05) is 38.2 Å². The molecule has 0 saturated heterocycles. The number of anilines is 2. The molecule has 0 aliphatic carbocycles. The molecular formula is C22H30N2O3. The number of methoxy groups -OCH3 is 1. The lowest BCUT2D eigenvalue weighted by Gasteiger charge is -2.24. The van der Waals surface area contributed by atoms with E-state index < -0.39 is 5.97 Å². The fraction of sp³-hybridized carbons (Fsp3) is 0.455. The summed E-state index contributed by atoms with van der Waals surface area (Å²) in [5, 5.41) is 8.64. The second-order valence-electron chi connectivity index (χ2n) is 6.66. The monoisotopic (exact) mass is 370 g/mol. The molecule has 27 heavy (non-hydrogen) atoms. The molecule has 0 atom stereocenters. The minimum atomic E-state index is -0.692. The first kappa shape index (κ1) is 20.7. The summed E-state index contributed by atoms with van der Waals surface area (Å²) in [5.74, 6) is 1.11. The van der Waals surface area contributed by atoms with Crippen LogP contribution in [0.3, 0.4) is 0 Å². The van der Waals surface area contributed by atoms with Gasteiger partial charge in [0.2, 0.25) is 0 Å². The Kier molecular flexibility index (Phi) is 9.18. The number of hydrogen-bond acceptors (Lipinski definition) is 4. The molecule has 0 fully saturated rings. The van der Waals surface area contributed by atoms with Crippen LogP contribution in [0.4, 0.5) is 11.5 Å². The van der Waals surface area contributed by atoms with E-state index in [4.69, 9.17) is 9.84 Å². The maximum absolute atomic E-state index is 10.5. The van der Waals surface area contributed by atoms with E-state index in [-0.39, 0.29) is 0 Å². The SMILES string of the molecule is COc1ccc(N(CCCCCCCCCC(=O)O)c2ccccn2)cc1. The third kappa shape index (κ3) is 7.69. The van der Waals surface area contributed by atoms with Gasteiger partial charge >= 0.3 is 5.97 Å². The zero-order valence-corrected chi connectivity index (χ0v) is 16.1. The topological polar surface area (TPSA) is 62.7 Å². The highest BCUT2D eigenvalue weighted by atomic mass is 16.5. The molecule has 5 heteroatoms. The van der Waals surface area contributed by atoms with E-state index >= 15 is 0 Å². The van der Waals surface area contributed by atoms with Gasteiger partial charge in [0.25, 0.3) is 0 Å². The average molecular weight is 370 g/mol. The number of ether oxygens (including phenoxy) is 1. The van der Waals surface area contributed by atoms with Gasteiger partial charge < -0.3 is 14.7 Å². The van der Waals surface area contributed by atoms with E-state index in [0.717, 1.165) is 49.5 Å². The van der Waals surface area contributed by atoms with Crippen LogP contribution in [0, 0.1) is 0 Å². The normalized spacial score (nSPS) is 10.6. The molecule has 0 bridgehead atoms. The van der Waals surface area contributed by atoms with Crippen molar-refractivity contribution in [3.63, 3.8) is 0 Å². The molecule has 1 aromatic heterocycles. The molecule has 146 valence electrons. The van der Waals surface area contributed by atoms with E-state index in [1.165, 1.54) is 19.3 Å². The number of benzene rings is 1. The Labute approximate surface area is 162 Å². The highest BCUT2D eigenvalue weighted by Crippen LogP contribution is 2.26. The summed E-state index contributed by atoms with van der Waals surface area (Å²) >= 11 is 0. The Morgan fingerprint density at radius 3 is 2.22 bits per heavy atom. The Bertz CT molecular complexity index is 659. The van der Waals surface area contributed by atoms with Gasteiger partial charge in [-0.05, 0) is 49.2 Å². The molecular weight excluding hydrogens is 340 g/mol. The zero-order chi connectivity index (χ0) is 19.3. The van der Waals surface area contributed by atoms with Crippen molar-refractivity contribution in [1.82, 2.24) is 4.98 Å². The summed E-state index contributed by atoms with van der Waals surface area (Å²) in [6.07, 6.45) is 9.66. The van der Waals surface area contributed by atoms with Crippen molar-refractivity contribution < 1.29 is 14.6 Å². The van der Waals surface area contributed by atoms with E-state index in [0.29, 0.717) is 6.42 Å². The Morgan fingerprint density at radius 2 is 1.63 bits per heavy atom. The van der Waals surface area contributed by atoms with Crippen LogP contribution in [-0.2, 0) is 4.79 Å². The van der Waals surface area contributed by atoms with Crippen molar-refractivity contribution in [3.05, 3.63) is 48.7 Å². The molecule has 1 aromatic carbocycles. The first-order valence-corrected chi connectivity index (χ1v) is 9.75. The number of rotatable bonds is 13. The van der Waals surface area contributed by atoms with Gasteiger partial charge in [-0.25, -0.2) is 4.98 Å². The van der Waals surface area contributed by atoms with Gasteiger partial charge in [-0.3, -0.25) is 4.79 Å². The van der Waals surface area contributed by atoms with Gasteiger partial charge in [0.15, 0.2) is 0 Å². The smallest absolute Gasteiger partial charge is 0.303 e. The van der Waals surface area contributed by atoms with Crippen LogP contribution in [0.25, 0.3) is 0 Å². The fourth-order valence-corrected chi connectivity index (χ4v) is 3.08. The highest BCUT2D eigenvalue weighted by Gasteiger charge is 2.10. The van der Waals surface area contributed by atoms with Crippen LogP contribution in [0.2, 0.25) is 0 Å². The average Bonchev–Trinajstić information content (AvgIpc) is 2.70. The van der Waals surface area contributed by atoms with Crippen molar-refractivity contribution in [2.24, 2.45) is 0 Å². The summed E-state index contributed by atoms with van der Waals surface area (Å²) in [6, 6.07) is 14.1. The summed E-state index contributed by atoms with van der Waals surface area (Å²) < 4.78 is 5.25. The molecule has 0 radical (unpaired) electrons. The van der Waals surface area contributed by atoms with E-state index in [9.17, 15) is 4.79 Å². The van der Waals surface area contributed by atoms with Crippen molar-refractivity contribution in [1.29, 1.82) is 0 Å². The zero-order valence-electron chi connectivity index (χ0n) is 16.1. The second-order valence-corrected chi connectivity index (χ2v) is 6.66. The molecule has 0 aliphatic heterocycles. The number of carboxylic acids is 1. The van der Waals surface area contributed by atoms with Crippen molar-refractivity contribution >= 4 is 17.5 Å². The predicted octanol–water partition coefficient (Wildman–Crippen LogP) is 5.43. The maximum Gasteiger partial charge on any atom is 0.303 e. The highest BCUT2D eigenvalue weighted by molar-refractivity contribution is 5.66. The summed E-state index contributed by atoms with van der Waals surface area (Å²) in [7, 11) is 1.67. The van der Waals surface area contributed by atoms with Crippen LogP contribution < -0.4 is 9.64 Å². The van der Waals surface area contributed by atoms with Gasteiger partial charge in [0.05, 0.1) is 7.11 Å². The number of pyridine rings is 1. The lowest BCUT2D eigenvalue weighted by atomic mass is 10.1.